The zero-order chi connectivity index (χ0) is 14.7. The molecule has 0 aliphatic carbocycles. The number of fused-ring (bicyclic) bond motifs is 1. The van der Waals surface area contributed by atoms with Gasteiger partial charge in [0.15, 0.2) is 5.78 Å². The van der Waals surface area contributed by atoms with Crippen molar-refractivity contribution < 1.29 is 14.3 Å². The molecule has 0 aliphatic heterocycles. The number of nitrogens with zero attached hydrogens (tertiary/aromatic N) is 1. The summed E-state index contributed by atoms with van der Waals surface area (Å²) in [6.45, 7) is 4.09. The summed E-state index contributed by atoms with van der Waals surface area (Å²) < 4.78 is 6.75. The number of benzene rings is 1. The number of rotatable bonds is 5. The minimum absolute atomic E-state index is 0.0212. The van der Waals surface area contributed by atoms with Crippen LogP contribution in [0, 0.1) is 0 Å². The first-order valence-electron chi connectivity index (χ1n) is 6.48. The fourth-order valence-corrected chi connectivity index (χ4v) is 2.50. The van der Waals surface area contributed by atoms with Crippen LogP contribution in [0.4, 0.5) is 0 Å². The van der Waals surface area contributed by atoms with Gasteiger partial charge >= 0.3 is 5.97 Å². The van der Waals surface area contributed by atoms with Gasteiger partial charge in [0.25, 0.3) is 0 Å². The monoisotopic (exact) mass is 293 g/mol. The van der Waals surface area contributed by atoms with Crippen molar-refractivity contribution in [2.24, 2.45) is 0 Å². The van der Waals surface area contributed by atoms with Crippen LogP contribution in [-0.2, 0) is 16.1 Å². The fraction of sp³-hybridized carbons (Fsp3) is 0.333. The number of esters is 1. The summed E-state index contributed by atoms with van der Waals surface area (Å²) in [4.78, 5) is 23.1. The maximum atomic E-state index is 11.7. The number of ether oxygens (including phenoxy) is 1. The molecule has 0 aliphatic rings. The van der Waals surface area contributed by atoms with Gasteiger partial charge in [-0.1, -0.05) is 23.7 Å². The third kappa shape index (κ3) is 2.85. The number of aryl methyl sites for hydroxylation is 1. The molecule has 0 atom stereocenters. The lowest BCUT2D eigenvalue weighted by Crippen LogP contribution is -2.08. The van der Waals surface area contributed by atoms with E-state index in [1.54, 1.807) is 19.2 Å². The maximum Gasteiger partial charge on any atom is 0.307 e. The summed E-state index contributed by atoms with van der Waals surface area (Å²) in [6.07, 6.45) is 2.00. The summed E-state index contributed by atoms with van der Waals surface area (Å²) in [6, 6.07) is 5.44. The zero-order valence-electron chi connectivity index (χ0n) is 11.5. The van der Waals surface area contributed by atoms with E-state index < -0.39 is 0 Å². The quantitative estimate of drug-likeness (QED) is 0.626. The molecule has 0 unspecified atom stereocenters. The fourth-order valence-electron chi connectivity index (χ4n) is 2.22. The Morgan fingerprint density at radius 1 is 1.35 bits per heavy atom. The number of carbonyl (C=O) groups is 2. The van der Waals surface area contributed by atoms with Gasteiger partial charge < -0.3 is 9.30 Å². The van der Waals surface area contributed by atoms with Gasteiger partial charge in [-0.3, -0.25) is 9.59 Å². The molecule has 0 bridgehead atoms. The molecular formula is C15H16ClNO3. The molecule has 2 rings (SSSR count). The van der Waals surface area contributed by atoms with E-state index in [1.165, 1.54) is 6.92 Å². The molecule has 4 nitrogen and oxygen atoms in total. The first-order valence-corrected chi connectivity index (χ1v) is 6.86. The lowest BCUT2D eigenvalue weighted by atomic mass is 10.1. The van der Waals surface area contributed by atoms with Crippen molar-refractivity contribution in [1.29, 1.82) is 0 Å². The highest BCUT2D eigenvalue weighted by Gasteiger charge is 2.15. The average Bonchev–Trinajstić information content (AvgIpc) is 2.77. The van der Waals surface area contributed by atoms with E-state index in [0.29, 0.717) is 23.7 Å². The number of hydrogen-bond donors (Lipinski definition) is 0. The molecular weight excluding hydrogens is 278 g/mol. The second-order valence-electron chi connectivity index (χ2n) is 4.48. The van der Waals surface area contributed by atoms with Crippen molar-refractivity contribution in [3.8, 4) is 0 Å². The second kappa shape index (κ2) is 6.09. The van der Waals surface area contributed by atoms with Crippen molar-refractivity contribution in [1.82, 2.24) is 4.57 Å². The Morgan fingerprint density at radius 2 is 2.10 bits per heavy atom. The van der Waals surface area contributed by atoms with E-state index in [-0.39, 0.29) is 18.2 Å². The minimum Gasteiger partial charge on any atom is -0.466 e. The van der Waals surface area contributed by atoms with Crippen LogP contribution in [0.1, 0.15) is 30.6 Å². The standard InChI is InChI=1S/C15H16ClNO3/c1-3-20-14(19)7-8-17-9-12(10(2)18)11-5-4-6-13(16)15(11)17/h4-6,9H,3,7-8H2,1-2H3. The molecule has 0 fully saturated rings. The van der Waals surface area contributed by atoms with Crippen molar-refractivity contribution in [3.63, 3.8) is 0 Å². The molecule has 0 spiro atoms. The van der Waals surface area contributed by atoms with Gasteiger partial charge in [0.2, 0.25) is 0 Å². The zero-order valence-corrected chi connectivity index (χ0v) is 12.2. The van der Waals surface area contributed by atoms with Crippen LogP contribution < -0.4 is 0 Å². The number of para-hydroxylation sites is 1. The Kier molecular flexibility index (Phi) is 4.45. The summed E-state index contributed by atoms with van der Waals surface area (Å²) >= 11 is 6.21. The normalized spacial score (nSPS) is 10.8. The Labute approximate surface area is 122 Å². The summed E-state index contributed by atoms with van der Waals surface area (Å²) in [5.74, 6) is -0.280. The van der Waals surface area contributed by atoms with Crippen LogP contribution in [-0.4, -0.2) is 22.9 Å². The molecule has 0 saturated carbocycles. The Hall–Kier alpha value is -1.81. The van der Waals surface area contributed by atoms with Gasteiger partial charge in [0.1, 0.15) is 0 Å². The van der Waals surface area contributed by atoms with Gasteiger partial charge in [-0.2, -0.15) is 0 Å². The average molecular weight is 294 g/mol. The molecule has 0 saturated heterocycles. The lowest BCUT2D eigenvalue weighted by molar-refractivity contribution is -0.143. The van der Waals surface area contributed by atoms with E-state index in [9.17, 15) is 9.59 Å². The third-order valence-electron chi connectivity index (χ3n) is 3.09. The molecule has 106 valence electrons. The number of hydrogen-bond acceptors (Lipinski definition) is 3. The first kappa shape index (κ1) is 14.6. The molecule has 1 heterocycles. The largest absolute Gasteiger partial charge is 0.466 e. The highest BCUT2D eigenvalue weighted by Crippen LogP contribution is 2.28. The number of carbonyl (C=O) groups excluding carboxylic acids is 2. The smallest absolute Gasteiger partial charge is 0.307 e. The van der Waals surface area contributed by atoms with Crippen LogP contribution in [0.5, 0.6) is 0 Å². The number of halogens is 1. The Morgan fingerprint density at radius 3 is 2.75 bits per heavy atom. The van der Waals surface area contributed by atoms with Gasteiger partial charge in [-0.15, -0.1) is 0 Å². The number of Topliss-reactive ketones (excluding diaryl/α,β-unsaturated/α-hetero) is 1. The maximum absolute atomic E-state index is 11.7. The summed E-state index contributed by atoms with van der Waals surface area (Å²) in [5, 5.41) is 1.38. The highest BCUT2D eigenvalue weighted by atomic mass is 35.5. The van der Waals surface area contributed by atoms with E-state index in [4.69, 9.17) is 16.3 Å². The molecule has 2 aromatic rings. The van der Waals surface area contributed by atoms with Gasteiger partial charge in [-0.05, 0) is 19.9 Å². The summed E-state index contributed by atoms with van der Waals surface area (Å²) in [7, 11) is 0. The number of ketones is 1. The van der Waals surface area contributed by atoms with E-state index in [2.05, 4.69) is 0 Å². The van der Waals surface area contributed by atoms with Gasteiger partial charge in [0.05, 0.1) is 23.6 Å². The van der Waals surface area contributed by atoms with Crippen molar-refractivity contribution in [2.45, 2.75) is 26.8 Å². The molecule has 5 heteroatoms. The van der Waals surface area contributed by atoms with Gasteiger partial charge in [-0.25, -0.2) is 0 Å². The van der Waals surface area contributed by atoms with Crippen LogP contribution >= 0.6 is 11.6 Å². The first-order chi connectivity index (χ1) is 9.54. The molecule has 0 N–H and O–H groups in total. The van der Waals surface area contributed by atoms with Gasteiger partial charge in [0, 0.05) is 23.7 Å². The molecule has 1 aromatic heterocycles. The van der Waals surface area contributed by atoms with Crippen molar-refractivity contribution in [2.75, 3.05) is 6.61 Å². The third-order valence-corrected chi connectivity index (χ3v) is 3.40. The van der Waals surface area contributed by atoms with Crippen molar-refractivity contribution >= 4 is 34.3 Å². The topological polar surface area (TPSA) is 48.3 Å². The molecule has 20 heavy (non-hydrogen) atoms. The van der Waals surface area contributed by atoms with Crippen LogP contribution in [0.15, 0.2) is 24.4 Å². The molecule has 0 amide bonds. The van der Waals surface area contributed by atoms with E-state index in [1.807, 2.05) is 16.7 Å². The molecule has 0 radical (unpaired) electrons. The SMILES string of the molecule is CCOC(=O)CCn1cc(C(C)=O)c2cccc(Cl)c21. The second-order valence-corrected chi connectivity index (χ2v) is 4.89. The Balaban J connectivity index is 2.38. The van der Waals surface area contributed by atoms with Crippen molar-refractivity contribution in [3.05, 3.63) is 35.0 Å². The molecule has 1 aromatic carbocycles. The summed E-state index contributed by atoms with van der Waals surface area (Å²) in [5.41, 5.74) is 1.40. The van der Waals surface area contributed by atoms with E-state index >= 15 is 0 Å². The van der Waals surface area contributed by atoms with Crippen LogP contribution in [0.2, 0.25) is 5.02 Å². The minimum atomic E-state index is -0.259. The van der Waals surface area contributed by atoms with E-state index in [0.717, 1.165) is 10.9 Å². The number of aromatic nitrogens is 1. The van der Waals surface area contributed by atoms with Crippen LogP contribution in [0.3, 0.4) is 0 Å². The predicted molar refractivity (Wildman–Crippen MR) is 78.2 cm³/mol. The van der Waals surface area contributed by atoms with Crippen LogP contribution in [0.25, 0.3) is 10.9 Å². The predicted octanol–water partition coefficient (Wildman–Crippen LogP) is 3.45. The highest BCUT2D eigenvalue weighted by molar-refractivity contribution is 6.35. The lowest BCUT2D eigenvalue weighted by Gasteiger charge is -2.06. The Bertz CT molecular complexity index is 660.